The minimum Gasteiger partial charge on any atom is -0.508 e. The molecule has 1 aromatic carbocycles. The van der Waals surface area contributed by atoms with Crippen LogP contribution in [-0.4, -0.2) is 22.4 Å². The minimum absolute atomic E-state index is 0.0177. The fourth-order valence-electron chi connectivity index (χ4n) is 1.43. The molecule has 0 saturated heterocycles. The van der Waals surface area contributed by atoms with Crippen LogP contribution in [0.5, 0.6) is 5.75 Å². The zero-order valence-electron chi connectivity index (χ0n) is 10.1. The smallest absolute Gasteiger partial charge is 0.224 e. The number of carbonyl (C=O) groups is 1. The molecule has 0 aliphatic heterocycles. The normalized spacial score (nSPS) is 14.1. The molecule has 0 fully saturated rings. The topological polar surface area (TPSA) is 49.3 Å². The summed E-state index contributed by atoms with van der Waals surface area (Å²) in [6.07, 6.45) is 0.299. The first kappa shape index (κ1) is 14.0. The lowest BCUT2D eigenvalue weighted by atomic mass is 10.1. The van der Waals surface area contributed by atoms with E-state index in [1.165, 1.54) is 0 Å². The fraction of sp³-hybridized carbons (Fsp3) is 0.462. The van der Waals surface area contributed by atoms with Crippen molar-refractivity contribution in [1.29, 1.82) is 0 Å². The van der Waals surface area contributed by atoms with Gasteiger partial charge < -0.3 is 10.4 Å². The summed E-state index contributed by atoms with van der Waals surface area (Å²) in [4.78, 5) is 11.7. The SMILES string of the molecule is CC(CBr)C(C)NC(=O)Cc1cccc(O)c1. The molecule has 4 heteroatoms. The fourth-order valence-corrected chi connectivity index (χ4v) is 1.99. The Morgan fingerprint density at radius 1 is 1.47 bits per heavy atom. The van der Waals surface area contributed by atoms with Gasteiger partial charge in [-0.05, 0) is 30.5 Å². The van der Waals surface area contributed by atoms with Gasteiger partial charge in [-0.15, -0.1) is 0 Å². The van der Waals surface area contributed by atoms with Gasteiger partial charge in [0.2, 0.25) is 5.91 Å². The molecule has 0 saturated carbocycles. The van der Waals surface area contributed by atoms with Gasteiger partial charge in [-0.25, -0.2) is 0 Å². The third kappa shape index (κ3) is 4.77. The van der Waals surface area contributed by atoms with Crippen LogP contribution in [0.4, 0.5) is 0 Å². The highest BCUT2D eigenvalue weighted by Crippen LogP contribution is 2.12. The molecule has 1 amide bonds. The highest BCUT2D eigenvalue weighted by atomic mass is 79.9. The summed E-state index contributed by atoms with van der Waals surface area (Å²) in [6, 6.07) is 6.91. The van der Waals surface area contributed by atoms with Crippen molar-refractivity contribution in [3.8, 4) is 5.75 Å². The largest absolute Gasteiger partial charge is 0.508 e. The molecule has 0 radical (unpaired) electrons. The van der Waals surface area contributed by atoms with Crippen LogP contribution in [0.15, 0.2) is 24.3 Å². The van der Waals surface area contributed by atoms with Gasteiger partial charge in [0.05, 0.1) is 6.42 Å². The van der Waals surface area contributed by atoms with Crippen LogP contribution < -0.4 is 5.32 Å². The van der Waals surface area contributed by atoms with E-state index in [1.54, 1.807) is 18.2 Å². The van der Waals surface area contributed by atoms with E-state index >= 15 is 0 Å². The Hall–Kier alpha value is -1.03. The Morgan fingerprint density at radius 3 is 2.76 bits per heavy atom. The van der Waals surface area contributed by atoms with Crippen LogP contribution >= 0.6 is 15.9 Å². The van der Waals surface area contributed by atoms with Gasteiger partial charge in [0.1, 0.15) is 5.75 Å². The van der Waals surface area contributed by atoms with E-state index in [-0.39, 0.29) is 17.7 Å². The summed E-state index contributed by atoms with van der Waals surface area (Å²) in [5, 5.41) is 13.1. The highest BCUT2D eigenvalue weighted by Gasteiger charge is 2.13. The van der Waals surface area contributed by atoms with Gasteiger partial charge in [-0.2, -0.15) is 0 Å². The van der Waals surface area contributed by atoms with Crippen molar-refractivity contribution < 1.29 is 9.90 Å². The number of alkyl halides is 1. The number of nitrogens with one attached hydrogen (secondary N) is 1. The lowest BCUT2D eigenvalue weighted by Gasteiger charge is -2.19. The summed E-state index contributed by atoms with van der Waals surface area (Å²) in [5.41, 5.74) is 0.821. The second kappa shape index (κ2) is 6.64. The monoisotopic (exact) mass is 299 g/mol. The van der Waals surface area contributed by atoms with Gasteiger partial charge in [-0.3, -0.25) is 4.79 Å². The lowest BCUT2D eigenvalue weighted by Crippen LogP contribution is -2.38. The summed E-state index contributed by atoms with van der Waals surface area (Å²) in [6.45, 7) is 4.07. The van der Waals surface area contributed by atoms with Crippen molar-refractivity contribution in [3.63, 3.8) is 0 Å². The first-order valence-corrected chi connectivity index (χ1v) is 6.78. The summed E-state index contributed by atoms with van der Waals surface area (Å²) in [5.74, 6) is 0.566. The maximum atomic E-state index is 11.7. The van der Waals surface area contributed by atoms with Crippen molar-refractivity contribution in [3.05, 3.63) is 29.8 Å². The van der Waals surface area contributed by atoms with E-state index < -0.39 is 0 Å². The van der Waals surface area contributed by atoms with E-state index in [0.717, 1.165) is 10.9 Å². The highest BCUT2D eigenvalue weighted by molar-refractivity contribution is 9.09. The van der Waals surface area contributed by atoms with E-state index in [4.69, 9.17) is 0 Å². The molecule has 0 spiro atoms. The molecule has 0 bridgehead atoms. The van der Waals surface area contributed by atoms with Crippen LogP contribution in [-0.2, 0) is 11.2 Å². The Morgan fingerprint density at radius 2 is 2.18 bits per heavy atom. The summed E-state index contributed by atoms with van der Waals surface area (Å²) < 4.78 is 0. The molecule has 2 unspecified atom stereocenters. The van der Waals surface area contributed by atoms with Gasteiger partial charge >= 0.3 is 0 Å². The van der Waals surface area contributed by atoms with Gasteiger partial charge in [0.25, 0.3) is 0 Å². The van der Waals surface area contributed by atoms with Crippen LogP contribution in [0.3, 0.4) is 0 Å². The van der Waals surface area contributed by atoms with Crippen molar-refractivity contribution in [2.75, 3.05) is 5.33 Å². The first-order chi connectivity index (χ1) is 8.02. The van der Waals surface area contributed by atoms with Gasteiger partial charge in [-0.1, -0.05) is 35.0 Å². The molecular weight excluding hydrogens is 282 g/mol. The second-order valence-corrected chi connectivity index (χ2v) is 4.98. The molecule has 0 aliphatic rings. The number of phenols is 1. The van der Waals surface area contributed by atoms with E-state index in [9.17, 15) is 9.90 Å². The third-order valence-corrected chi connectivity index (χ3v) is 3.78. The molecule has 0 heterocycles. The number of carbonyl (C=O) groups excluding carboxylic acids is 1. The molecule has 17 heavy (non-hydrogen) atoms. The van der Waals surface area contributed by atoms with Gasteiger partial charge in [0, 0.05) is 11.4 Å². The number of amides is 1. The number of rotatable bonds is 5. The molecule has 1 rings (SSSR count). The van der Waals surface area contributed by atoms with Crippen molar-refractivity contribution in [2.24, 2.45) is 5.92 Å². The summed E-state index contributed by atoms with van der Waals surface area (Å²) in [7, 11) is 0. The maximum Gasteiger partial charge on any atom is 0.224 e. The van der Waals surface area contributed by atoms with E-state index in [0.29, 0.717) is 12.3 Å². The van der Waals surface area contributed by atoms with Crippen LogP contribution in [0, 0.1) is 5.92 Å². The molecule has 3 nitrogen and oxygen atoms in total. The number of hydrogen-bond acceptors (Lipinski definition) is 2. The number of halogens is 1. The lowest BCUT2D eigenvalue weighted by molar-refractivity contribution is -0.121. The number of hydrogen-bond donors (Lipinski definition) is 2. The van der Waals surface area contributed by atoms with Crippen LogP contribution in [0.2, 0.25) is 0 Å². The Labute approximate surface area is 110 Å². The maximum absolute atomic E-state index is 11.7. The predicted molar refractivity (Wildman–Crippen MR) is 72.4 cm³/mol. The van der Waals surface area contributed by atoms with Crippen LogP contribution in [0.1, 0.15) is 19.4 Å². The standard InChI is InChI=1S/C13H18BrNO2/c1-9(8-14)10(2)15-13(17)7-11-4-3-5-12(16)6-11/h3-6,9-10,16H,7-8H2,1-2H3,(H,15,17). The number of aromatic hydroxyl groups is 1. The molecule has 2 atom stereocenters. The Balaban J connectivity index is 2.50. The molecule has 2 N–H and O–H groups in total. The van der Waals surface area contributed by atoms with Crippen molar-refractivity contribution >= 4 is 21.8 Å². The zero-order valence-corrected chi connectivity index (χ0v) is 11.7. The zero-order chi connectivity index (χ0) is 12.8. The summed E-state index contributed by atoms with van der Waals surface area (Å²) >= 11 is 3.40. The second-order valence-electron chi connectivity index (χ2n) is 4.33. The van der Waals surface area contributed by atoms with Crippen molar-refractivity contribution in [1.82, 2.24) is 5.32 Å². The first-order valence-electron chi connectivity index (χ1n) is 5.66. The molecule has 94 valence electrons. The van der Waals surface area contributed by atoms with E-state index in [2.05, 4.69) is 28.2 Å². The molecule has 0 aromatic heterocycles. The average Bonchev–Trinajstić information content (AvgIpc) is 2.27. The third-order valence-electron chi connectivity index (χ3n) is 2.76. The predicted octanol–water partition coefficient (Wildman–Crippen LogP) is 2.47. The molecular formula is C13H18BrNO2. The number of phenolic OH excluding ortho intramolecular Hbond substituents is 1. The minimum atomic E-state index is -0.0177. The van der Waals surface area contributed by atoms with Gasteiger partial charge in [0.15, 0.2) is 0 Å². The number of benzene rings is 1. The Bertz CT molecular complexity index is 381. The molecule has 0 aliphatic carbocycles. The molecule has 1 aromatic rings. The average molecular weight is 300 g/mol. The van der Waals surface area contributed by atoms with Crippen LogP contribution in [0.25, 0.3) is 0 Å². The van der Waals surface area contributed by atoms with E-state index in [1.807, 2.05) is 13.0 Å². The quantitative estimate of drug-likeness (QED) is 0.821. The Kier molecular flexibility index (Phi) is 5.48. The van der Waals surface area contributed by atoms with Crippen molar-refractivity contribution in [2.45, 2.75) is 26.3 Å².